The number of aromatic hydroxyl groups is 1. The molecule has 2 fully saturated rings. The molecule has 0 radical (unpaired) electrons. The Morgan fingerprint density at radius 3 is 2.43 bits per heavy atom. The summed E-state index contributed by atoms with van der Waals surface area (Å²) in [6, 6.07) is 7.33. The van der Waals surface area contributed by atoms with E-state index in [1.54, 1.807) is 23.4 Å². The number of piperidine rings is 1. The molecule has 1 unspecified atom stereocenters. The van der Waals surface area contributed by atoms with Crippen molar-refractivity contribution in [3.05, 3.63) is 29.8 Å². The molecule has 0 bridgehead atoms. The molecule has 1 atom stereocenters. The van der Waals surface area contributed by atoms with Gasteiger partial charge in [0.25, 0.3) is 0 Å². The number of hydrogen-bond acceptors (Lipinski definition) is 4. The lowest BCUT2D eigenvalue weighted by Gasteiger charge is -2.45. The first-order valence-electron chi connectivity index (χ1n) is 8.46. The lowest BCUT2D eigenvalue weighted by atomic mass is 9.87. The molecule has 2 aliphatic rings. The van der Waals surface area contributed by atoms with Gasteiger partial charge in [-0.25, -0.2) is 12.7 Å². The number of likely N-dealkylation sites (tertiary alicyclic amines) is 1. The second kappa shape index (κ2) is 6.42. The number of nitrogens with zero attached hydrogens (tertiary/aromatic N) is 2. The van der Waals surface area contributed by atoms with E-state index in [2.05, 4.69) is 4.90 Å². The molecule has 3 rings (SSSR count). The molecular weight excluding hydrogens is 312 g/mol. The van der Waals surface area contributed by atoms with Crippen molar-refractivity contribution < 1.29 is 13.5 Å². The second-order valence-corrected chi connectivity index (χ2v) is 9.01. The number of phenols is 1. The van der Waals surface area contributed by atoms with Crippen LogP contribution in [0.1, 0.15) is 38.2 Å². The molecule has 0 aromatic heterocycles. The quantitative estimate of drug-likeness (QED) is 0.914. The molecule has 5 nitrogen and oxygen atoms in total. The third kappa shape index (κ3) is 3.39. The lowest BCUT2D eigenvalue weighted by Crippen LogP contribution is -2.56. The molecule has 1 aromatic rings. The SMILES string of the molecule is CCS(=O)(=O)N1CCCC2(CCCN2Cc2ccc(O)cc2)C1. The van der Waals surface area contributed by atoms with Crippen LogP contribution in [0.25, 0.3) is 0 Å². The topological polar surface area (TPSA) is 60.9 Å². The first kappa shape index (κ1) is 16.7. The van der Waals surface area contributed by atoms with Crippen LogP contribution in [0.15, 0.2) is 24.3 Å². The summed E-state index contributed by atoms with van der Waals surface area (Å²) in [5.74, 6) is 0.462. The van der Waals surface area contributed by atoms with Crippen LogP contribution in [-0.4, -0.2) is 53.7 Å². The van der Waals surface area contributed by atoms with Crippen molar-refractivity contribution >= 4 is 10.0 Å². The van der Waals surface area contributed by atoms with Gasteiger partial charge in [0.1, 0.15) is 5.75 Å². The molecule has 2 heterocycles. The first-order valence-corrected chi connectivity index (χ1v) is 10.1. The summed E-state index contributed by atoms with van der Waals surface area (Å²) in [5, 5.41) is 9.42. The van der Waals surface area contributed by atoms with E-state index in [1.165, 1.54) is 5.56 Å². The van der Waals surface area contributed by atoms with Crippen LogP contribution in [0.5, 0.6) is 5.75 Å². The molecule has 128 valence electrons. The second-order valence-electron chi connectivity index (χ2n) is 6.75. The normalized spacial score (nSPS) is 26.8. The maximum Gasteiger partial charge on any atom is 0.213 e. The Kier molecular flexibility index (Phi) is 4.67. The number of rotatable bonds is 4. The molecule has 23 heavy (non-hydrogen) atoms. The minimum atomic E-state index is -3.11. The minimum absolute atomic E-state index is 0.0155. The predicted octanol–water partition coefficient (Wildman–Crippen LogP) is 2.17. The number of hydrogen-bond donors (Lipinski definition) is 1. The summed E-state index contributed by atoms with van der Waals surface area (Å²) < 4.78 is 26.3. The van der Waals surface area contributed by atoms with Crippen LogP contribution in [0, 0.1) is 0 Å². The van der Waals surface area contributed by atoms with Gasteiger partial charge in [-0.2, -0.15) is 0 Å². The summed E-state index contributed by atoms with van der Waals surface area (Å²) >= 11 is 0. The van der Waals surface area contributed by atoms with Crippen molar-refractivity contribution in [1.82, 2.24) is 9.21 Å². The molecule has 2 aliphatic heterocycles. The fraction of sp³-hybridized carbons (Fsp3) is 0.647. The van der Waals surface area contributed by atoms with Gasteiger partial charge in [-0.15, -0.1) is 0 Å². The van der Waals surface area contributed by atoms with E-state index in [0.29, 0.717) is 13.1 Å². The van der Waals surface area contributed by atoms with E-state index in [-0.39, 0.29) is 17.0 Å². The zero-order valence-electron chi connectivity index (χ0n) is 13.7. The van der Waals surface area contributed by atoms with Crippen LogP contribution < -0.4 is 0 Å². The van der Waals surface area contributed by atoms with Crippen LogP contribution >= 0.6 is 0 Å². The van der Waals surface area contributed by atoms with Crippen molar-refractivity contribution in [1.29, 1.82) is 0 Å². The Morgan fingerprint density at radius 1 is 1.13 bits per heavy atom. The zero-order chi connectivity index (χ0) is 16.5. The van der Waals surface area contributed by atoms with E-state index >= 15 is 0 Å². The summed E-state index contributed by atoms with van der Waals surface area (Å²) in [7, 11) is -3.11. The Bertz CT molecular complexity index is 644. The predicted molar refractivity (Wildman–Crippen MR) is 90.7 cm³/mol. The smallest absolute Gasteiger partial charge is 0.213 e. The van der Waals surface area contributed by atoms with Gasteiger partial charge in [0.2, 0.25) is 10.0 Å². The van der Waals surface area contributed by atoms with Gasteiger partial charge in [0.15, 0.2) is 0 Å². The van der Waals surface area contributed by atoms with Gasteiger partial charge < -0.3 is 5.11 Å². The van der Waals surface area contributed by atoms with Gasteiger partial charge in [-0.05, 0) is 56.8 Å². The van der Waals surface area contributed by atoms with Crippen molar-refractivity contribution in [2.45, 2.75) is 44.7 Å². The molecule has 6 heteroatoms. The maximum absolute atomic E-state index is 12.3. The fourth-order valence-electron chi connectivity index (χ4n) is 4.02. The third-order valence-corrected chi connectivity index (χ3v) is 7.16. The highest BCUT2D eigenvalue weighted by molar-refractivity contribution is 7.89. The molecule has 0 aliphatic carbocycles. The highest BCUT2D eigenvalue weighted by atomic mass is 32.2. The van der Waals surface area contributed by atoms with Gasteiger partial charge >= 0.3 is 0 Å². The Hall–Kier alpha value is -1.11. The average Bonchev–Trinajstić information content (AvgIpc) is 2.91. The molecule has 1 spiro atoms. The highest BCUT2D eigenvalue weighted by Gasteiger charge is 2.45. The van der Waals surface area contributed by atoms with Crippen molar-refractivity contribution in [3.63, 3.8) is 0 Å². The van der Waals surface area contributed by atoms with Gasteiger partial charge in [0.05, 0.1) is 5.75 Å². The van der Waals surface area contributed by atoms with E-state index in [0.717, 1.165) is 38.8 Å². The standard InChI is InChI=1S/C17H26N2O3S/c1-2-23(21,22)19-12-4-10-17(14-19)9-3-11-18(17)13-15-5-7-16(20)8-6-15/h5-8,20H,2-4,9-14H2,1H3. The van der Waals surface area contributed by atoms with Crippen molar-refractivity contribution in [2.75, 3.05) is 25.4 Å². The Labute approximate surface area is 139 Å². The first-order chi connectivity index (χ1) is 11.0. The van der Waals surface area contributed by atoms with Crippen LogP contribution in [0.3, 0.4) is 0 Å². The van der Waals surface area contributed by atoms with Crippen LogP contribution in [0.4, 0.5) is 0 Å². The van der Waals surface area contributed by atoms with E-state index < -0.39 is 10.0 Å². The fourth-order valence-corrected chi connectivity index (χ4v) is 5.23. The van der Waals surface area contributed by atoms with Crippen LogP contribution in [0.2, 0.25) is 0 Å². The number of sulfonamides is 1. The monoisotopic (exact) mass is 338 g/mol. The van der Waals surface area contributed by atoms with E-state index in [9.17, 15) is 13.5 Å². The van der Waals surface area contributed by atoms with Gasteiger partial charge in [-0.1, -0.05) is 12.1 Å². The third-order valence-electron chi connectivity index (χ3n) is 5.33. The zero-order valence-corrected chi connectivity index (χ0v) is 14.6. The maximum atomic E-state index is 12.3. The number of phenolic OH excluding ortho intramolecular Hbond substituents is 1. The Balaban J connectivity index is 1.78. The highest BCUT2D eigenvalue weighted by Crippen LogP contribution is 2.39. The summed E-state index contributed by atoms with van der Waals surface area (Å²) in [4.78, 5) is 2.46. The van der Waals surface area contributed by atoms with Gasteiger partial charge in [0, 0.05) is 25.2 Å². The molecule has 1 N–H and O–H groups in total. The molecule has 1 aromatic carbocycles. The van der Waals surface area contributed by atoms with E-state index in [4.69, 9.17) is 0 Å². The molecule has 0 amide bonds. The van der Waals surface area contributed by atoms with Gasteiger partial charge in [-0.3, -0.25) is 4.90 Å². The summed E-state index contributed by atoms with van der Waals surface area (Å²) in [6.07, 6.45) is 4.20. The minimum Gasteiger partial charge on any atom is -0.508 e. The van der Waals surface area contributed by atoms with E-state index in [1.807, 2.05) is 12.1 Å². The largest absolute Gasteiger partial charge is 0.508 e. The molecule has 0 saturated carbocycles. The lowest BCUT2D eigenvalue weighted by molar-refractivity contribution is 0.0680. The summed E-state index contributed by atoms with van der Waals surface area (Å²) in [5.41, 5.74) is 1.15. The molecule has 2 saturated heterocycles. The average molecular weight is 338 g/mol. The van der Waals surface area contributed by atoms with Crippen molar-refractivity contribution in [3.8, 4) is 5.75 Å². The summed E-state index contributed by atoms with van der Waals surface area (Å²) in [6.45, 7) is 4.84. The Morgan fingerprint density at radius 2 is 1.78 bits per heavy atom. The van der Waals surface area contributed by atoms with Crippen molar-refractivity contribution in [2.24, 2.45) is 0 Å². The van der Waals surface area contributed by atoms with Crippen LogP contribution in [-0.2, 0) is 16.6 Å². The molecular formula is C17H26N2O3S. The number of benzene rings is 1.